The zero-order chi connectivity index (χ0) is 27.8. The molecule has 4 rings (SSSR count). The van der Waals surface area contributed by atoms with E-state index in [1.807, 2.05) is 0 Å². The SMILES string of the molecule is CC(=O)Oc1cc(C(=O)OC2Cc3cc4ccc(=O)oc4cc3OC2(C)C)cc(OC(C)=O)c1OC(C)=O. The van der Waals surface area contributed by atoms with E-state index in [0.717, 1.165) is 38.5 Å². The van der Waals surface area contributed by atoms with Gasteiger partial charge in [0.1, 0.15) is 23.0 Å². The topological polar surface area (TPSA) is 145 Å². The number of carbonyl (C=O) groups excluding carboxylic acids is 4. The van der Waals surface area contributed by atoms with E-state index in [4.69, 9.17) is 28.1 Å². The Kier molecular flexibility index (Phi) is 6.95. The molecule has 3 aromatic rings. The molecule has 0 bridgehead atoms. The number of hydrogen-bond acceptors (Lipinski definition) is 11. The smallest absolute Gasteiger partial charge is 0.338 e. The number of rotatable bonds is 5. The Hall–Kier alpha value is -4.67. The molecule has 11 heteroatoms. The largest absolute Gasteiger partial charge is 0.484 e. The maximum absolute atomic E-state index is 13.3. The number of hydrogen-bond donors (Lipinski definition) is 0. The van der Waals surface area contributed by atoms with Crippen molar-refractivity contribution in [1.29, 1.82) is 0 Å². The van der Waals surface area contributed by atoms with Crippen molar-refractivity contribution >= 4 is 34.8 Å². The predicted octanol–water partition coefficient (Wildman–Crippen LogP) is 3.51. The van der Waals surface area contributed by atoms with Crippen LogP contribution in [0.5, 0.6) is 23.0 Å². The summed E-state index contributed by atoms with van der Waals surface area (Å²) in [5, 5.41) is 0.676. The molecule has 1 aromatic heterocycles. The number of fused-ring (bicyclic) bond motifs is 2. The summed E-state index contributed by atoms with van der Waals surface area (Å²) in [7, 11) is 0. The third kappa shape index (κ3) is 5.66. The van der Waals surface area contributed by atoms with Gasteiger partial charge in [0.05, 0.1) is 5.56 Å². The molecule has 0 radical (unpaired) electrons. The molecule has 0 spiro atoms. The van der Waals surface area contributed by atoms with Crippen molar-refractivity contribution in [2.24, 2.45) is 0 Å². The highest BCUT2D eigenvalue weighted by Gasteiger charge is 2.40. The first-order chi connectivity index (χ1) is 17.8. The minimum absolute atomic E-state index is 0.129. The monoisotopic (exact) mass is 524 g/mol. The van der Waals surface area contributed by atoms with Crippen molar-refractivity contribution in [2.75, 3.05) is 0 Å². The fourth-order valence-electron chi connectivity index (χ4n) is 3.97. The highest BCUT2D eigenvalue weighted by molar-refractivity contribution is 5.92. The Balaban J connectivity index is 1.68. The Morgan fingerprint density at radius 3 is 2.05 bits per heavy atom. The van der Waals surface area contributed by atoms with Crippen LogP contribution in [0.1, 0.15) is 50.5 Å². The van der Waals surface area contributed by atoms with Crippen LogP contribution in [0.2, 0.25) is 0 Å². The second-order valence-electron chi connectivity index (χ2n) is 9.14. The lowest BCUT2D eigenvalue weighted by Crippen LogP contribution is -2.48. The van der Waals surface area contributed by atoms with Crippen LogP contribution in [0.3, 0.4) is 0 Å². The molecule has 0 aliphatic carbocycles. The highest BCUT2D eigenvalue weighted by Crippen LogP contribution is 2.41. The number of esters is 4. The summed E-state index contributed by atoms with van der Waals surface area (Å²) in [4.78, 5) is 59.8. The molecule has 11 nitrogen and oxygen atoms in total. The normalized spacial score (nSPS) is 15.6. The summed E-state index contributed by atoms with van der Waals surface area (Å²) in [5.74, 6) is -3.60. The molecule has 0 amide bonds. The Labute approximate surface area is 216 Å². The van der Waals surface area contributed by atoms with Gasteiger partial charge < -0.3 is 28.1 Å². The maximum Gasteiger partial charge on any atom is 0.338 e. The molecular formula is C27H24O11. The number of benzene rings is 2. The van der Waals surface area contributed by atoms with E-state index in [2.05, 4.69) is 0 Å². The number of ether oxygens (including phenoxy) is 5. The van der Waals surface area contributed by atoms with E-state index < -0.39 is 41.2 Å². The van der Waals surface area contributed by atoms with Gasteiger partial charge in [-0.2, -0.15) is 0 Å². The molecule has 1 unspecified atom stereocenters. The minimum Gasteiger partial charge on any atom is -0.484 e. The van der Waals surface area contributed by atoms with Gasteiger partial charge in [0.25, 0.3) is 0 Å². The van der Waals surface area contributed by atoms with Crippen LogP contribution in [0, 0.1) is 0 Å². The van der Waals surface area contributed by atoms with Crippen molar-refractivity contribution < 1.29 is 47.3 Å². The van der Waals surface area contributed by atoms with Crippen molar-refractivity contribution in [3.63, 3.8) is 0 Å². The lowest BCUT2D eigenvalue weighted by atomic mass is 9.90. The molecule has 198 valence electrons. The average Bonchev–Trinajstić information content (AvgIpc) is 2.79. The van der Waals surface area contributed by atoms with Crippen LogP contribution in [0.25, 0.3) is 11.0 Å². The first-order valence-corrected chi connectivity index (χ1v) is 11.5. The molecule has 38 heavy (non-hydrogen) atoms. The van der Waals surface area contributed by atoms with Crippen LogP contribution in [-0.2, 0) is 25.5 Å². The van der Waals surface area contributed by atoms with Crippen LogP contribution in [0.4, 0.5) is 0 Å². The van der Waals surface area contributed by atoms with Gasteiger partial charge in [-0.1, -0.05) is 0 Å². The third-order valence-corrected chi connectivity index (χ3v) is 5.62. The van der Waals surface area contributed by atoms with E-state index in [-0.39, 0.29) is 29.2 Å². The molecule has 0 saturated carbocycles. The van der Waals surface area contributed by atoms with Gasteiger partial charge >= 0.3 is 29.5 Å². The van der Waals surface area contributed by atoms with Gasteiger partial charge in [0.15, 0.2) is 11.5 Å². The molecular weight excluding hydrogens is 500 g/mol. The molecule has 2 aromatic carbocycles. The van der Waals surface area contributed by atoms with Gasteiger partial charge in [0, 0.05) is 44.7 Å². The highest BCUT2D eigenvalue weighted by atomic mass is 16.6. The zero-order valence-electron chi connectivity index (χ0n) is 21.2. The first-order valence-electron chi connectivity index (χ1n) is 11.5. The number of carbonyl (C=O) groups is 4. The summed E-state index contributed by atoms with van der Waals surface area (Å²) in [6.07, 6.45) is -0.486. The fourth-order valence-corrected chi connectivity index (χ4v) is 3.97. The minimum atomic E-state index is -0.986. The van der Waals surface area contributed by atoms with Gasteiger partial charge in [-0.25, -0.2) is 9.59 Å². The van der Waals surface area contributed by atoms with E-state index in [1.54, 1.807) is 32.0 Å². The Morgan fingerprint density at radius 2 is 1.47 bits per heavy atom. The maximum atomic E-state index is 13.3. The predicted molar refractivity (Wildman–Crippen MR) is 130 cm³/mol. The Bertz CT molecular complexity index is 1490. The molecule has 1 aliphatic heterocycles. The van der Waals surface area contributed by atoms with Crippen molar-refractivity contribution in [3.8, 4) is 23.0 Å². The summed E-state index contributed by atoms with van der Waals surface area (Å²) < 4.78 is 32.4. The third-order valence-electron chi connectivity index (χ3n) is 5.62. The van der Waals surface area contributed by atoms with E-state index >= 15 is 0 Å². The van der Waals surface area contributed by atoms with Gasteiger partial charge in [0.2, 0.25) is 5.75 Å². The van der Waals surface area contributed by atoms with Crippen LogP contribution in [-0.4, -0.2) is 35.6 Å². The van der Waals surface area contributed by atoms with Crippen LogP contribution < -0.4 is 24.6 Å². The summed E-state index contributed by atoms with van der Waals surface area (Å²) in [5.41, 5.74) is -0.502. The summed E-state index contributed by atoms with van der Waals surface area (Å²) in [6, 6.07) is 8.64. The molecule has 1 aliphatic rings. The molecule has 2 heterocycles. The standard InChI is InChI=1S/C27H24O11/c1-13(28)33-21-9-18(10-22(34-14(2)29)25(21)35-15(3)30)26(32)37-23-11-17-8-16-6-7-24(31)36-19(16)12-20(17)38-27(23,4)5/h6-10,12,23H,11H2,1-5H3. The lowest BCUT2D eigenvalue weighted by Gasteiger charge is -2.39. The molecule has 0 N–H and O–H groups in total. The van der Waals surface area contributed by atoms with Crippen LogP contribution in [0.15, 0.2) is 45.6 Å². The Morgan fingerprint density at radius 1 is 0.868 bits per heavy atom. The zero-order valence-corrected chi connectivity index (χ0v) is 21.2. The molecule has 0 saturated heterocycles. The van der Waals surface area contributed by atoms with E-state index in [9.17, 15) is 24.0 Å². The summed E-state index contributed by atoms with van der Waals surface area (Å²) in [6.45, 7) is 6.80. The van der Waals surface area contributed by atoms with Crippen molar-refractivity contribution in [3.05, 3.63) is 57.9 Å². The van der Waals surface area contributed by atoms with Gasteiger partial charge in [-0.05, 0) is 43.7 Å². The summed E-state index contributed by atoms with van der Waals surface area (Å²) >= 11 is 0. The van der Waals surface area contributed by atoms with Gasteiger partial charge in [-0.3, -0.25) is 14.4 Å². The molecule has 0 fully saturated rings. The fraction of sp³-hybridized carbons (Fsp3) is 0.296. The van der Waals surface area contributed by atoms with Crippen LogP contribution >= 0.6 is 0 Å². The quantitative estimate of drug-likeness (QED) is 0.275. The van der Waals surface area contributed by atoms with E-state index in [0.29, 0.717) is 16.7 Å². The molecule has 1 atom stereocenters. The first kappa shape index (κ1) is 26.4. The van der Waals surface area contributed by atoms with Crippen molar-refractivity contribution in [2.45, 2.75) is 52.7 Å². The van der Waals surface area contributed by atoms with E-state index in [1.165, 1.54) is 6.07 Å². The average molecular weight is 524 g/mol. The van der Waals surface area contributed by atoms with Crippen molar-refractivity contribution in [1.82, 2.24) is 0 Å². The second-order valence-corrected chi connectivity index (χ2v) is 9.14. The lowest BCUT2D eigenvalue weighted by molar-refractivity contribution is -0.135. The second kappa shape index (κ2) is 10.0. The van der Waals surface area contributed by atoms with Gasteiger partial charge in [-0.15, -0.1) is 0 Å².